The van der Waals surface area contributed by atoms with E-state index < -0.39 is 33.4 Å². The summed E-state index contributed by atoms with van der Waals surface area (Å²) in [6.07, 6.45) is 2.10. The molecule has 2 rings (SSSR count). The van der Waals surface area contributed by atoms with Crippen molar-refractivity contribution in [2.45, 2.75) is 71.8 Å². The van der Waals surface area contributed by atoms with Crippen LogP contribution < -0.4 is 5.32 Å². The highest BCUT2D eigenvalue weighted by Gasteiger charge is 2.49. The summed E-state index contributed by atoms with van der Waals surface area (Å²) in [7, 11) is 2.25. The molecule has 38 heavy (non-hydrogen) atoms. The number of allylic oxidation sites excluding steroid dienone is 1. The molecule has 0 spiro atoms. The van der Waals surface area contributed by atoms with Gasteiger partial charge in [0, 0.05) is 39.6 Å². The number of carbonyl (C=O) groups is 4. The lowest BCUT2D eigenvalue weighted by Crippen LogP contribution is -2.63. The molecule has 11 heteroatoms. The minimum absolute atomic E-state index is 0.0182. The second kappa shape index (κ2) is 13.4. The SMILES string of the molecule is C=CCOC(=O)N1C[C@H](OC(=O)N(C)C)C[C@H]1C=C(C)C(=O)C[C@H]1NC(=O)[C@H]1[C@@H](CO[Si](C)C)C(C)(C)C. The summed E-state index contributed by atoms with van der Waals surface area (Å²) in [5, 5.41) is 2.91. The Bertz CT molecular complexity index is 928. The fourth-order valence-corrected chi connectivity index (χ4v) is 5.24. The Balaban J connectivity index is 2.15. The minimum atomic E-state index is -0.914. The van der Waals surface area contributed by atoms with Crippen molar-refractivity contribution in [3.05, 3.63) is 24.3 Å². The van der Waals surface area contributed by atoms with Crippen LogP contribution in [0.1, 0.15) is 40.5 Å². The van der Waals surface area contributed by atoms with Crippen LogP contribution in [0.25, 0.3) is 0 Å². The Kier molecular flexibility index (Phi) is 11.1. The molecule has 10 nitrogen and oxygen atoms in total. The summed E-state index contributed by atoms with van der Waals surface area (Å²) >= 11 is 0. The first-order chi connectivity index (χ1) is 17.6. The third-order valence-electron chi connectivity index (χ3n) is 6.95. The van der Waals surface area contributed by atoms with Crippen LogP contribution in [0.2, 0.25) is 13.1 Å². The van der Waals surface area contributed by atoms with Crippen molar-refractivity contribution in [3.63, 3.8) is 0 Å². The maximum absolute atomic E-state index is 13.2. The molecule has 3 amide bonds. The average molecular weight is 551 g/mol. The van der Waals surface area contributed by atoms with Gasteiger partial charge in [-0.3, -0.25) is 14.5 Å². The van der Waals surface area contributed by atoms with E-state index >= 15 is 0 Å². The van der Waals surface area contributed by atoms with Crippen LogP contribution in [0.3, 0.4) is 0 Å². The standard InChI is InChI=1S/C27H44N3O7Si/c1-10-11-35-26(34)30-15-19(37-25(33)29(6)7)13-18(30)12-17(2)22(31)14-21-23(24(32)28-21)20(27(3,4)5)16-36-38(8)9/h10,12,18-21,23H,1,11,13-16H2,2-9H3,(H,28,32)/t18-,19-,20-,21-,23+/m1/s1. The molecule has 213 valence electrons. The molecule has 0 aliphatic carbocycles. The Morgan fingerprint density at radius 3 is 2.45 bits per heavy atom. The van der Waals surface area contributed by atoms with E-state index in [1.807, 2.05) is 0 Å². The first-order valence-corrected chi connectivity index (χ1v) is 15.4. The van der Waals surface area contributed by atoms with E-state index in [0.29, 0.717) is 18.6 Å². The Morgan fingerprint density at radius 2 is 1.92 bits per heavy atom. The third kappa shape index (κ3) is 8.42. The third-order valence-corrected chi connectivity index (χ3v) is 7.69. The predicted octanol–water partition coefficient (Wildman–Crippen LogP) is 3.40. The number of β-lactam (4-membered cyclic amide) rings is 1. The van der Waals surface area contributed by atoms with Crippen LogP contribution in [-0.4, -0.2) is 94.8 Å². The van der Waals surface area contributed by atoms with Crippen LogP contribution in [0.15, 0.2) is 24.3 Å². The van der Waals surface area contributed by atoms with Crippen molar-refractivity contribution in [1.82, 2.24) is 15.1 Å². The van der Waals surface area contributed by atoms with Crippen LogP contribution in [0.4, 0.5) is 9.59 Å². The second-order valence-corrected chi connectivity index (χ2v) is 13.6. The predicted molar refractivity (Wildman–Crippen MR) is 146 cm³/mol. The highest BCUT2D eigenvalue weighted by molar-refractivity contribution is 6.48. The van der Waals surface area contributed by atoms with E-state index in [0.717, 1.165) is 0 Å². The number of hydrogen-bond donors (Lipinski definition) is 1. The molecule has 2 saturated heterocycles. The van der Waals surface area contributed by atoms with Crippen LogP contribution >= 0.6 is 0 Å². The van der Waals surface area contributed by atoms with Gasteiger partial charge >= 0.3 is 12.2 Å². The fraction of sp³-hybridized carbons (Fsp3) is 0.704. The van der Waals surface area contributed by atoms with E-state index in [2.05, 4.69) is 45.8 Å². The lowest BCUT2D eigenvalue weighted by Gasteiger charge is -2.46. The van der Waals surface area contributed by atoms with Gasteiger partial charge < -0.3 is 24.1 Å². The number of Topliss-reactive ketones (excluding diaryl/α,β-unsaturated/α-hetero) is 1. The van der Waals surface area contributed by atoms with E-state index in [-0.39, 0.29) is 54.6 Å². The molecule has 0 bridgehead atoms. The van der Waals surface area contributed by atoms with Crippen molar-refractivity contribution in [3.8, 4) is 0 Å². The van der Waals surface area contributed by atoms with Gasteiger partial charge in [0.2, 0.25) is 14.9 Å². The largest absolute Gasteiger partial charge is 0.445 e. The van der Waals surface area contributed by atoms with Gasteiger partial charge in [0.15, 0.2) is 5.78 Å². The van der Waals surface area contributed by atoms with Gasteiger partial charge in [0.1, 0.15) is 12.7 Å². The van der Waals surface area contributed by atoms with E-state index in [1.54, 1.807) is 27.1 Å². The number of ether oxygens (including phenoxy) is 2. The molecule has 1 radical (unpaired) electrons. The van der Waals surface area contributed by atoms with Gasteiger partial charge in [0.05, 0.1) is 18.5 Å². The molecule has 0 aromatic heterocycles. The minimum Gasteiger partial charge on any atom is -0.445 e. The zero-order valence-electron chi connectivity index (χ0n) is 24.0. The van der Waals surface area contributed by atoms with Gasteiger partial charge in [0.25, 0.3) is 0 Å². The molecule has 0 unspecified atom stereocenters. The molecule has 5 atom stereocenters. The molecule has 2 fully saturated rings. The molecule has 0 aromatic carbocycles. The molecule has 2 aliphatic rings. The van der Waals surface area contributed by atoms with Gasteiger partial charge in [-0.1, -0.05) is 39.5 Å². The normalized spacial score (nSPS) is 24.4. The molecular weight excluding hydrogens is 506 g/mol. The molecule has 1 N–H and O–H groups in total. The topological polar surface area (TPSA) is 114 Å². The number of likely N-dealkylation sites (tertiary alicyclic amines) is 1. The lowest BCUT2D eigenvalue weighted by atomic mass is 9.66. The molecule has 0 saturated carbocycles. The van der Waals surface area contributed by atoms with Crippen LogP contribution in [0.5, 0.6) is 0 Å². The monoisotopic (exact) mass is 550 g/mol. The van der Waals surface area contributed by atoms with Crippen molar-refractivity contribution < 1.29 is 33.1 Å². The van der Waals surface area contributed by atoms with E-state index in [1.165, 1.54) is 15.9 Å². The smallest absolute Gasteiger partial charge is 0.410 e. The van der Waals surface area contributed by atoms with Crippen molar-refractivity contribution in [1.29, 1.82) is 0 Å². The quantitative estimate of drug-likeness (QED) is 0.181. The molecule has 0 aromatic rings. The number of nitrogens with zero attached hydrogens (tertiary/aromatic N) is 2. The maximum Gasteiger partial charge on any atom is 0.410 e. The highest BCUT2D eigenvalue weighted by atomic mass is 28.3. The maximum atomic E-state index is 13.2. The summed E-state index contributed by atoms with van der Waals surface area (Å²) in [5.41, 5.74) is 0.313. The number of hydrogen-bond acceptors (Lipinski definition) is 7. The van der Waals surface area contributed by atoms with Crippen molar-refractivity contribution in [2.75, 3.05) is 33.9 Å². The second-order valence-electron chi connectivity index (χ2n) is 11.5. The summed E-state index contributed by atoms with van der Waals surface area (Å²) in [5.74, 6) is -0.487. The highest BCUT2D eigenvalue weighted by Crippen LogP contribution is 2.39. The zero-order valence-corrected chi connectivity index (χ0v) is 25.0. The first kappa shape index (κ1) is 31.6. The van der Waals surface area contributed by atoms with E-state index in [4.69, 9.17) is 13.9 Å². The van der Waals surface area contributed by atoms with Crippen LogP contribution in [-0.2, 0) is 23.5 Å². The molecule has 2 aliphatic heterocycles. The van der Waals surface area contributed by atoms with E-state index in [9.17, 15) is 19.2 Å². The van der Waals surface area contributed by atoms with Gasteiger partial charge in [-0.05, 0) is 36.9 Å². The number of nitrogens with one attached hydrogen (secondary N) is 1. The summed E-state index contributed by atoms with van der Waals surface area (Å²) in [6, 6.07) is -0.755. The van der Waals surface area contributed by atoms with Gasteiger partial charge in [-0.2, -0.15) is 0 Å². The van der Waals surface area contributed by atoms with Crippen LogP contribution in [0, 0.1) is 17.3 Å². The molecular formula is C27H44N3O7Si. The summed E-state index contributed by atoms with van der Waals surface area (Å²) in [4.78, 5) is 53.3. The molecule has 2 heterocycles. The summed E-state index contributed by atoms with van der Waals surface area (Å²) in [6.45, 7) is 16.4. The Hall–Kier alpha value is -2.66. The number of amides is 3. The van der Waals surface area contributed by atoms with Gasteiger partial charge in [-0.25, -0.2) is 9.59 Å². The zero-order chi connectivity index (χ0) is 28.8. The Labute approximate surface area is 228 Å². The first-order valence-electron chi connectivity index (χ1n) is 13.0. The van der Waals surface area contributed by atoms with Crippen molar-refractivity contribution in [2.24, 2.45) is 17.3 Å². The Morgan fingerprint density at radius 1 is 1.26 bits per heavy atom. The van der Waals surface area contributed by atoms with Crippen molar-refractivity contribution >= 4 is 32.9 Å². The average Bonchev–Trinajstić information content (AvgIpc) is 3.20. The lowest BCUT2D eigenvalue weighted by molar-refractivity contribution is -0.143. The number of rotatable bonds is 11. The number of ketones is 1. The van der Waals surface area contributed by atoms with Gasteiger partial charge in [-0.15, -0.1) is 0 Å². The fourth-order valence-electron chi connectivity index (χ4n) is 4.73. The number of carbonyl (C=O) groups excluding carboxylic acids is 4. The summed E-state index contributed by atoms with van der Waals surface area (Å²) < 4.78 is 16.7.